The van der Waals surface area contributed by atoms with Gasteiger partial charge >= 0.3 is 0 Å². The van der Waals surface area contributed by atoms with Crippen LogP contribution in [0.15, 0.2) is 24.3 Å². The van der Waals surface area contributed by atoms with Gasteiger partial charge in [0.2, 0.25) is 0 Å². The molecular formula is C13H20N2. The van der Waals surface area contributed by atoms with Crippen LogP contribution < -0.4 is 4.90 Å². The molecule has 0 N–H and O–H groups in total. The first kappa shape index (κ1) is 10.5. The molecule has 1 heterocycles. The summed E-state index contributed by atoms with van der Waals surface area (Å²) in [4.78, 5) is 4.99. The lowest BCUT2D eigenvalue weighted by Gasteiger charge is -2.35. The standard InChI is InChI=1S/C13H20N2/c1-3-14-7-9-15(10-8-14)13-6-4-5-12(2)11-13/h4-6,11H,3,7-10H2,1-2H3. The number of rotatable bonds is 2. The van der Waals surface area contributed by atoms with Crippen molar-refractivity contribution in [3.8, 4) is 0 Å². The van der Waals surface area contributed by atoms with E-state index in [0.717, 1.165) is 13.1 Å². The van der Waals surface area contributed by atoms with E-state index in [1.54, 1.807) is 0 Å². The Hall–Kier alpha value is -1.02. The first-order valence-corrected chi connectivity index (χ1v) is 5.83. The molecule has 0 radical (unpaired) electrons. The highest BCUT2D eigenvalue weighted by Crippen LogP contribution is 2.17. The van der Waals surface area contributed by atoms with Crippen LogP contribution in [-0.4, -0.2) is 37.6 Å². The molecule has 0 saturated carbocycles. The van der Waals surface area contributed by atoms with Gasteiger partial charge in [0.25, 0.3) is 0 Å². The van der Waals surface area contributed by atoms with Crippen LogP contribution in [0.1, 0.15) is 12.5 Å². The molecule has 0 bridgehead atoms. The third kappa shape index (κ3) is 2.51. The lowest BCUT2D eigenvalue weighted by molar-refractivity contribution is 0.271. The number of anilines is 1. The van der Waals surface area contributed by atoms with Gasteiger partial charge in [0, 0.05) is 31.9 Å². The van der Waals surface area contributed by atoms with Gasteiger partial charge in [-0.3, -0.25) is 0 Å². The number of nitrogens with zero attached hydrogens (tertiary/aromatic N) is 2. The molecule has 1 fully saturated rings. The van der Waals surface area contributed by atoms with Gasteiger partial charge in [-0.05, 0) is 31.2 Å². The maximum Gasteiger partial charge on any atom is 0.0369 e. The van der Waals surface area contributed by atoms with Crippen LogP contribution >= 0.6 is 0 Å². The molecular weight excluding hydrogens is 184 g/mol. The molecule has 2 rings (SSSR count). The fraction of sp³-hybridized carbons (Fsp3) is 0.538. The molecule has 0 spiro atoms. The Morgan fingerprint density at radius 2 is 1.87 bits per heavy atom. The minimum atomic E-state index is 1.16. The lowest BCUT2D eigenvalue weighted by Crippen LogP contribution is -2.46. The van der Waals surface area contributed by atoms with E-state index in [1.807, 2.05) is 0 Å². The summed E-state index contributed by atoms with van der Waals surface area (Å²) in [6.07, 6.45) is 0. The molecule has 0 amide bonds. The maximum absolute atomic E-state index is 2.51. The average molecular weight is 204 g/mol. The van der Waals surface area contributed by atoms with Crippen molar-refractivity contribution in [2.75, 3.05) is 37.6 Å². The van der Waals surface area contributed by atoms with Gasteiger partial charge in [-0.1, -0.05) is 19.1 Å². The van der Waals surface area contributed by atoms with E-state index < -0.39 is 0 Å². The van der Waals surface area contributed by atoms with E-state index in [0.29, 0.717) is 0 Å². The summed E-state index contributed by atoms with van der Waals surface area (Å²) < 4.78 is 0. The Morgan fingerprint density at radius 3 is 2.47 bits per heavy atom. The summed E-state index contributed by atoms with van der Waals surface area (Å²) in [5.74, 6) is 0. The van der Waals surface area contributed by atoms with E-state index in [-0.39, 0.29) is 0 Å². The highest BCUT2D eigenvalue weighted by molar-refractivity contribution is 5.48. The molecule has 0 aromatic heterocycles. The summed E-state index contributed by atoms with van der Waals surface area (Å²) in [7, 11) is 0. The van der Waals surface area contributed by atoms with Crippen LogP contribution in [0.2, 0.25) is 0 Å². The molecule has 0 unspecified atom stereocenters. The van der Waals surface area contributed by atoms with Gasteiger partial charge in [0.15, 0.2) is 0 Å². The Kier molecular flexibility index (Phi) is 3.27. The molecule has 2 heteroatoms. The summed E-state index contributed by atoms with van der Waals surface area (Å²) in [5, 5.41) is 0. The number of likely N-dealkylation sites (N-methyl/N-ethyl adjacent to an activating group) is 1. The van der Waals surface area contributed by atoms with Crippen molar-refractivity contribution in [1.29, 1.82) is 0 Å². The minimum absolute atomic E-state index is 1.16. The number of aryl methyl sites for hydroxylation is 1. The van der Waals surface area contributed by atoms with Crippen molar-refractivity contribution in [2.24, 2.45) is 0 Å². The normalized spacial score (nSPS) is 18.1. The van der Waals surface area contributed by atoms with Crippen molar-refractivity contribution in [2.45, 2.75) is 13.8 Å². The van der Waals surface area contributed by atoms with Gasteiger partial charge in [-0.15, -0.1) is 0 Å². The van der Waals surface area contributed by atoms with E-state index in [1.165, 1.54) is 30.9 Å². The second-order valence-corrected chi connectivity index (χ2v) is 4.26. The van der Waals surface area contributed by atoms with Gasteiger partial charge < -0.3 is 9.80 Å². The highest BCUT2D eigenvalue weighted by atomic mass is 15.3. The zero-order chi connectivity index (χ0) is 10.7. The molecule has 2 nitrogen and oxygen atoms in total. The second kappa shape index (κ2) is 4.67. The van der Waals surface area contributed by atoms with Gasteiger partial charge in [-0.2, -0.15) is 0 Å². The Labute approximate surface area is 92.5 Å². The molecule has 1 aliphatic rings. The topological polar surface area (TPSA) is 6.48 Å². The van der Waals surface area contributed by atoms with E-state index >= 15 is 0 Å². The molecule has 1 aliphatic heterocycles. The molecule has 1 aromatic carbocycles. The van der Waals surface area contributed by atoms with Crippen LogP contribution in [-0.2, 0) is 0 Å². The average Bonchev–Trinajstić information content (AvgIpc) is 2.29. The molecule has 82 valence electrons. The minimum Gasteiger partial charge on any atom is -0.369 e. The maximum atomic E-state index is 2.51. The Balaban J connectivity index is 2.01. The van der Waals surface area contributed by atoms with Gasteiger partial charge in [-0.25, -0.2) is 0 Å². The molecule has 0 atom stereocenters. The third-order valence-electron chi connectivity index (χ3n) is 3.19. The van der Waals surface area contributed by atoms with Crippen LogP contribution in [0.4, 0.5) is 5.69 Å². The van der Waals surface area contributed by atoms with Crippen LogP contribution in [0.25, 0.3) is 0 Å². The lowest BCUT2D eigenvalue weighted by atomic mass is 10.2. The summed E-state index contributed by atoms with van der Waals surface area (Å²) in [5.41, 5.74) is 2.73. The third-order valence-corrected chi connectivity index (χ3v) is 3.19. The second-order valence-electron chi connectivity index (χ2n) is 4.26. The monoisotopic (exact) mass is 204 g/mol. The summed E-state index contributed by atoms with van der Waals surface area (Å²) in [6, 6.07) is 8.80. The number of hydrogen-bond donors (Lipinski definition) is 0. The number of hydrogen-bond acceptors (Lipinski definition) is 2. The van der Waals surface area contributed by atoms with Crippen molar-refractivity contribution in [3.05, 3.63) is 29.8 Å². The smallest absolute Gasteiger partial charge is 0.0369 e. The van der Waals surface area contributed by atoms with Gasteiger partial charge in [0.1, 0.15) is 0 Å². The van der Waals surface area contributed by atoms with Gasteiger partial charge in [0.05, 0.1) is 0 Å². The van der Waals surface area contributed by atoms with Crippen molar-refractivity contribution in [1.82, 2.24) is 4.90 Å². The van der Waals surface area contributed by atoms with Crippen LogP contribution in [0, 0.1) is 6.92 Å². The zero-order valence-electron chi connectivity index (χ0n) is 9.74. The van der Waals surface area contributed by atoms with E-state index in [2.05, 4.69) is 47.9 Å². The zero-order valence-corrected chi connectivity index (χ0v) is 9.74. The largest absolute Gasteiger partial charge is 0.369 e. The van der Waals surface area contributed by atoms with E-state index in [4.69, 9.17) is 0 Å². The van der Waals surface area contributed by atoms with Crippen molar-refractivity contribution in [3.63, 3.8) is 0 Å². The number of benzene rings is 1. The molecule has 0 aliphatic carbocycles. The fourth-order valence-electron chi connectivity index (χ4n) is 2.15. The summed E-state index contributed by atoms with van der Waals surface area (Å²) >= 11 is 0. The predicted molar refractivity (Wildman–Crippen MR) is 65.5 cm³/mol. The van der Waals surface area contributed by atoms with Crippen LogP contribution in [0.3, 0.4) is 0 Å². The Bertz CT molecular complexity index is 314. The quantitative estimate of drug-likeness (QED) is 0.728. The fourth-order valence-corrected chi connectivity index (χ4v) is 2.15. The van der Waals surface area contributed by atoms with Crippen LogP contribution in [0.5, 0.6) is 0 Å². The first-order chi connectivity index (χ1) is 7.29. The Morgan fingerprint density at radius 1 is 1.13 bits per heavy atom. The first-order valence-electron chi connectivity index (χ1n) is 5.83. The van der Waals surface area contributed by atoms with Crippen molar-refractivity contribution >= 4 is 5.69 Å². The predicted octanol–water partition coefficient (Wildman–Crippen LogP) is 2.14. The van der Waals surface area contributed by atoms with E-state index in [9.17, 15) is 0 Å². The molecule has 1 saturated heterocycles. The molecule has 15 heavy (non-hydrogen) atoms. The molecule has 1 aromatic rings. The SMILES string of the molecule is CCN1CCN(c2cccc(C)c2)CC1. The van der Waals surface area contributed by atoms with Crippen molar-refractivity contribution < 1.29 is 0 Å². The summed E-state index contributed by atoms with van der Waals surface area (Å²) in [6.45, 7) is 10.3. The highest BCUT2D eigenvalue weighted by Gasteiger charge is 2.15. The number of piperazine rings is 1.